The molecule has 0 bridgehead atoms. The first-order valence-corrected chi connectivity index (χ1v) is 9.00. The highest BCUT2D eigenvalue weighted by atomic mass is 16.5. The number of likely N-dealkylation sites (tertiary alicyclic amines) is 1. The summed E-state index contributed by atoms with van der Waals surface area (Å²) in [6, 6.07) is 11.1. The Morgan fingerprint density at radius 2 is 2.04 bits per heavy atom. The highest BCUT2D eigenvalue weighted by molar-refractivity contribution is 5.94. The van der Waals surface area contributed by atoms with Gasteiger partial charge >= 0.3 is 0 Å². The van der Waals surface area contributed by atoms with Crippen molar-refractivity contribution in [2.75, 3.05) is 20.2 Å². The third kappa shape index (κ3) is 3.67. The van der Waals surface area contributed by atoms with E-state index in [1.165, 1.54) is 0 Å². The number of nitrogens with zero attached hydrogens (tertiary/aromatic N) is 4. The van der Waals surface area contributed by atoms with Crippen molar-refractivity contribution in [3.63, 3.8) is 0 Å². The van der Waals surface area contributed by atoms with Crippen LogP contribution < -0.4 is 4.74 Å². The number of benzene rings is 1. The molecule has 0 aliphatic carbocycles. The second-order valence-corrected chi connectivity index (χ2v) is 6.60. The predicted octanol–water partition coefficient (Wildman–Crippen LogP) is 2.90. The molecule has 3 heterocycles. The monoisotopic (exact) mass is 363 g/mol. The summed E-state index contributed by atoms with van der Waals surface area (Å²) in [7, 11) is 1.57. The molecule has 0 spiro atoms. The fourth-order valence-electron chi connectivity index (χ4n) is 3.45. The third-order valence-corrected chi connectivity index (χ3v) is 4.90. The molecule has 1 aromatic carbocycles. The molecule has 1 amide bonds. The molecular weight excluding hydrogens is 342 g/mol. The number of rotatable bonds is 4. The van der Waals surface area contributed by atoms with E-state index in [1.54, 1.807) is 25.6 Å². The number of carbonyl (C=O) groups is 1. The minimum absolute atomic E-state index is 0.0531. The van der Waals surface area contributed by atoms with Crippen molar-refractivity contribution in [3.8, 4) is 17.3 Å². The molecule has 138 valence electrons. The van der Waals surface area contributed by atoms with Gasteiger partial charge in [-0.15, -0.1) is 0 Å². The molecule has 3 aromatic rings. The maximum atomic E-state index is 12.9. The predicted molar refractivity (Wildman–Crippen MR) is 100 cm³/mol. The number of piperidine rings is 1. The van der Waals surface area contributed by atoms with Crippen LogP contribution in [0.15, 0.2) is 48.8 Å². The number of hydrogen-bond acceptors (Lipinski definition) is 5. The summed E-state index contributed by atoms with van der Waals surface area (Å²) >= 11 is 0. The highest BCUT2D eigenvalue weighted by Gasteiger charge is 2.26. The Labute approximate surface area is 157 Å². The van der Waals surface area contributed by atoms with Crippen LogP contribution in [0.5, 0.6) is 5.88 Å². The third-order valence-electron chi connectivity index (χ3n) is 4.90. The number of H-pyrrole nitrogens is 1. The van der Waals surface area contributed by atoms with Crippen molar-refractivity contribution in [2.45, 2.75) is 18.8 Å². The summed E-state index contributed by atoms with van der Waals surface area (Å²) in [5.74, 6) is 1.45. The molecule has 1 aliphatic heterocycles. The molecule has 1 N–H and O–H groups in total. The minimum atomic E-state index is 0.0531. The zero-order valence-corrected chi connectivity index (χ0v) is 15.1. The van der Waals surface area contributed by atoms with Gasteiger partial charge in [-0.3, -0.25) is 9.89 Å². The van der Waals surface area contributed by atoms with Gasteiger partial charge in [0.05, 0.1) is 7.11 Å². The molecule has 2 aromatic heterocycles. The quantitative estimate of drug-likeness (QED) is 0.770. The van der Waals surface area contributed by atoms with E-state index in [-0.39, 0.29) is 5.91 Å². The Kier molecular flexibility index (Phi) is 4.82. The second-order valence-electron chi connectivity index (χ2n) is 6.60. The lowest BCUT2D eigenvalue weighted by molar-refractivity contribution is 0.0706. The SMILES string of the molecule is COc1ccnc(-c2ccc(C(=O)N3CCCC(c4ccn[nH]4)C3)cc2)n1. The second kappa shape index (κ2) is 7.57. The fourth-order valence-corrected chi connectivity index (χ4v) is 3.45. The molecule has 1 saturated heterocycles. The maximum Gasteiger partial charge on any atom is 0.253 e. The first-order chi connectivity index (χ1) is 13.2. The molecule has 4 rings (SSSR count). The zero-order valence-electron chi connectivity index (χ0n) is 15.1. The van der Waals surface area contributed by atoms with Crippen molar-refractivity contribution < 1.29 is 9.53 Å². The van der Waals surface area contributed by atoms with Crippen LogP contribution >= 0.6 is 0 Å². The largest absolute Gasteiger partial charge is 0.481 e. The van der Waals surface area contributed by atoms with Crippen molar-refractivity contribution in [3.05, 3.63) is 60.0 Å². The van der Waals surface area contributed by atoms with Gasteiger partial charge in [0, 0.05) is 54.3 Å². The summed E-state index contributed by atoms with van der Waals surface area (Å²) in [6.07, 6.45) is 5.47. The highest BCUT2D eigenvalue weighted by Crippen LogP contribution is 2.26. The number of methoxy groups -OCH3 is 1. The maximum absolute atomic E-state index is 12.9. The van der Waals surface area contributed by atoms with Gasteiger partial charge in [0.2, 0.25) is 5.88 Å². The smallest absolute Gasteiger partial charge is 0.253 e. The number of nitrogens with one attached hydrogen (secondary N) is 1. The number of aromatic amines is 1. The summed E-state index contributed by atoms with van der Waals surface area (Å²) in [5, 5.41) is 7.06. The van der Waals surface area contributed by atoms with Gasteiger partial charge in [-0.05, 0) is 31.0 Å². The number of hydrogen-bond donors (Lipinski definition) is 1. The van der Waals surface area contributed by atoms with E-state index < -0.39 is 0 Å². The Bertz CT molecular complexity index is 908. The van der Waals surface area contributed by atoms with Gasteiger partial charge in [0.25, 0.3) is 5.91 Å². The molecule has 1 aliphatic rings. The van der Waals surface area contributed by atoms with Gasteiger partial charge < -0.3 is 9.64 Å². The summed E-state index contributed by atoms with van der Waals surface area (Å²) in [6.45, 7) is 1.49. The first kappa shape index (κ1) is 17.2. The Balaban J connectivity index is 1.49. The van der Waals surface area contributed by atoms with E-state index in [0.717, 1.165) is 30.6 Å². The van der Waals surface area contributed by atoms with Gasteiger partial charge in [-0.25, -0.2) is 4.98 Å². The zero-order chi connectivity index (χ0) is 18.6. The average Bonchev–Trinajstić information content (AvgIpc) is 3.28. The van der Waals surface area contributed by atoms with E-state index >= 15 is 0 Å². The van der Waals surface area contributed by atoms with Crippen LogP contribution in [-0.4, -0.2) is 51.2 Å². The van der Waals surface area contributed by atoms with Crippen LogP contribution in [0, 0.1) is 0 Å². The van der Waals surface area contributed by atoms with Crippen LogP contribution in [0.4, 0.5) is 0 Å². The van der Waals surface area contributed by atoms with E-state index in [4.69, 9.17) is 4.74 Å². The lowest BCUT2D eigenvalue weighted by Gasteiger charge is -2.32. The number of amides is 1. The standard InChI is InChI=1S/C20H21N5O2/c1-27-18-9-10-21-19(23-18)14-4-6-15(7-5-14)20(26)25-12-2-3-16(13-25)17-8-11-22-24-17/h4-11,16H,2-3,12-13H2,1H3,(H,22,24). The molecule has 27 heavy (non-hydrogen) atoms. The van der Waals surface area contributed by atoms with Gasteiger partial charge in [-0.1, -0.05) is 12.1 Å². The summed E-state index contributed by atoms with van der Waals surface area (Å²) in [4.78, 5) is 23.4. The van der Waals surface area contributed by atoms with Crippen molar-refractivity contribution in [1.29, 1.82) is 0 Å². The van der Waals surface area contributed by atoms with Crippen molar-refractivity contribution >= 4 is 5.91 Å². The van der Waals surface area contributed by atoms with Gasteiger partial charge in [0.15, 0.2) is 5.82 Å². The van der Waals surface area contributed by atoms with Crippen LogP contribution in [0.1, 0.15) is 34.8 Å². The number of carbonyl (C=O) groups excluding carboxylic acids is 1. The summed E-state index contributed by atoms with van der Waals surface area (Å²) < 4.78 is 5.14. The van der Waals surface area contributed by atoms with Gasteiger partial charge in [-0.2, -0.15) is 10.1 Å². The minimum Gasteiger partial charge on any atom is -0.481 e. The molecular formula is C20H21N5O2. The van der Waals surface area contributed by atoms with Crippen LogP contribution in [0.25, 0.3) is 11.4 Å². The fraction of sp³-hybridized carbons (Fsp3) is 0.300. The molecule has 1 fully saturated rings. The lowest BCUT2D eigenvalue weighted by Crippen LogP contribution is -2.39. The normalized spacial score (nSPS) is 16.9. The van der Waals surface area contributed by atoms with E-state index in [0.29, 0.717) is 29.7 Å². The summed E-state index contributed by atoms with van der Waals surface area (Å²) in [5.41, 5.74) is 2.62. The molecule has 7 nitrogen and oxygen atoms in total. The molecule has 0 radical (unpaired) electrons. The van der Waals surface area contributed by atoms with Crippen molar-refractivity contribution in [2.24, 2.45) is 0 Å². The molecule has 1 atom stereocenters. The van der Waals surface area contributed by atoms with Crippen LogP contribution in [0.2, 0.25) is 0 Å². The van der Waals surface area contributed by atoms with Crippen LogP contribution in [-0.2, 0) is 0 Å². The Morgan fingerprint density at radius 3 is 2.78 bits per heavy atom. The Hall–Kier alpha value is -3.22. The lowest BCUT2D eigenvalue weighted by atomic mass is 9.94. The molecule has 1 unspecified atom stereocenters. The van der Waals surface area contributed by atoms with Crippen molar-refractivity contribution in [1.82, 2.24) is 25.1 Å². The topological polar surface area (TPSA) is 84.0 Å². The van der Waals surface area contributed by atoms with E-state index in [9.17, 15) is 4.79 Å². The van der Waals surface area contributed by atoms with Gasteiger partial charge in [0.1, 0.15) is 0 Å². The number of aromatic nitrogens is 4. The number of ether oxygens (including phenoxy) is 1. The van der Waals surface area contributed by atoms with E-state index in [1.807, 2.05) is 35.2 Å². The molecule has 7 heteroatoms. The average molecular weight is 363 g/mol. The van der Waals surface area contributed by atoms with Crippen LogP contribution in [0.3, 0.4) is 0 Å². The molecule has 0 saturated carbocycles. The first-order valence-electron chi connectivity index (χ1n) is 9.00. The van der Waals surface area contributed by atoms with E-state index in [2.05, 4.69) is 20.2 Å². The Morgan fingerprint density at radius 1 is 1.19 bits per heavy atom.